The minimum atomic E-state index is -1.56. The van der Waals surface area contributed by atoms with Crippen LogP contribution in [0.15, 0.2) is 4.99 Å². The largest absolute Gasteiger partial charge is 0.469 e. The molecule has 3 rings (SSSR count). The van der Waals surface area contributed by atoms with Gasteiger partial charge in [0.2, 0.25) is 5.96 Å². The number of methoxy groups -OCH3 is 1. The van der Waals surface area contributed by atoms with Crippen LogP contribution in [0.25, 0.3) is 0 Å². The fourth-order valence-electron chi connectivity index (χ4n) is 3.37. The van der Waals surface area contributed by atoms with Crippen molar-refractivity contribution in [1.29, 1.82) is 5.41 Å². The Morgan fingerprint density at radius 1 is 1.36 bits per heavy atom. The van der Waals surface area contributed by atoms with E-state index in [1.807, 2.05) is 0 Å². The molecular formula is C15H21N5O8. The lowest BCUT2D eigenvalue weighted by Gasteiger charge is -2.26. The Morgan fingerprint density at radius 2 is 2.07 bits per heavy atom. The van der Waals surface area contributed by atoms with Crippen LogP contribution in [0.3, 0.4) is 0 Å². The summed E-state index contributed by atoms with van der Waals surface area (Å²) in [6, 6.07) is -1.92. The predicted molar refractivity (Wildman–Crippen MR) is 90.0 cm³/mol. The molecule has 5 N–H and O–H groups in total. The van der Waals surface area contributed by atoms with Gasteiger partial charge in [-0.15, -0.1) is 0 Å². The highest BCUT2D eigenvalue weighted by Gasteiger charge is 2.56. The van der Waals surface area contributed by atoms with Crippen molar-refractivity contribution >= 4 is 29.7 Å². The second kappa shape index (κ2) is 7.79. The van der Waals surface area contributed by atoms with Crippen LogP contribution in [-0.4, -0.2) is 106 Å². The Morgan fingerprint density at radius 3 is 2.68 bits per heavy atom. The van der Waals surface area contributed by atoms with E-state index >= 15 is 0 Å². The van der Waals surface area contributed by atoms with Crippen LogP contribution in [0.4, 0.5) is 4.79 Å². The van der Waals surface area contributed by atoms with Crippen molar-refractivity contribution in [3.05, 3.63) is 0 Å². The molecule has 1 unspecified atom stereocenters. The third-order valence-corrected chi connectivity index (χ3v) is 4.75. The van der Waals surface area contributed by atoms with Gasteiger partial charge in [0.15, 0.2) is 18.1 Å². The summed E-state index contributed by atoms with van der Waals surface area (Å²) in [5, 5.41) is 39.3. The number of urea groups is 1. The minimum absolute atomic E-state index is 0.00364. The zero-order valence-electron chi connectivity index (χ0n) is 14.9. The molecule has 13 heteroatoms. The average Bonchev–Trinajstić information content (AvgIpc) is 3.09. The number of guanidine groups is 1. The van der Waals surface area contributed by atoms with Crippen molar-refractivity contribution in [2.75, 3.05) is 20.3 Å². The second-order valence-electron chi connectivity index (χ2n) is 6.46. The van der Waals surface area contributed by atoms with Gasteiger partial charge in [-0.2, -0.15) is 4.99 Å². The maximum absolute atomic E-state index is 13.0. The molecule has 3 aliphatic rings. The number of nitrogens with one attached hydrogen (secondary N) is 2. The average molecular weight is 399 g/mol. The van der Waals surface area contributed by atoms with Gasteiger partial charge in [-0.05, 0) is 6.42 Å². The molecule has 28 heavy (non-hydrogen) atoms. The Kier molecular flexibility index (Phi) is 5.60. The molecule has 0 spiro atoms. The zero-order chi connectivity index (χ0) is 20.6. The van der Waals surface area contributed by atoms with Crippen molar-refractivity contribution in [2.24, 2.45) is 4.99 Å². The molecule has 2 saturated heterocycles. The van der Waals surface area contributed by atoms with Crippen LogP contribution in [0, 0.1) is 5.41 Å². The summed E-state index contributed by atoms with van der Waals surface area (Å²) in [6.45, 7) is -0.588. The zero-order valence-corrected chi connectivity index (χ0v) is 14.9. The predicted octanol–water partition coefficient (Wildman–Crippen LogP) is -3.05. The van der Waals surface area contributed by atoms with Crippen molar-refractivity contribution in [3.8, 4) is 0 Å². The van der Waals surface area contributed by atoms with E-state index in [1.165, 1.54) is 7.11 Å². The van der Waals surface area contributed by atoms with Crippen molar-refractivity contribution < 1.29 is 39.2 Å². The summed E-state index contributed by atoms with van der Waals surface area (Å²) in [5.74, 6) is -1.77. The molecule has 0 aliphatic carbocycles. The van der Waals surface area contributed by atoms with E-state index in [2.05, 4.69) is 15.0 Å². The lowest BCUT2D eigenvalue weighted by molar-refractivity contribution is -0.140. The molecule has 2 fully saturated rings. The quantitative estimate of drug-likeness (QED) is 0.291. The number of ether oxygens (including phenoxy) is 2. The highest BCUT2D eigenvalue weighted by Crippen LogP contribution is 2.31. The molecule has 0 aromatic rings. The SMILES string of the molecule is COC(=O)CCCN1C(=O)N([C@@H]2O[C@H](CO)[C@H](O)[C@H]2O)C2=NC(=N)NC(=O)C21. The number of amides is 3. The van der Waals surface area contributed by atoms with Crippen LogP contribution in [0.1, 0.15) is 12.8 Å². The maximum atomic E-state index is 13.0. The summed E-state index contributed by atoms with van der Waals surface area (Å²) in [4.78, 5) is 42.6. The molecule has 0 bridgehead atoms. The number of hydrogen-bond donors (Lipinski definition) is 5. The molecular weight excluding hydrogens is 378 g/mol. The number of esters is 1. The normalized spacial score (nSPS) is 32.4. The number of hydrogen-bond acceptors (Lipinski definition) is 9. The second-order valence-corrected chi connectivity index (χ2v) is 6.46. The number of aliphatic hydroxyl groups is 3. The molecule has 13 nitrogen and oxygen atoms in total. The monoisotopic (exact) mass is 399 g/mol. The fourth-order valence-corrected chi connectivity index (χ4v) is 3.37. The first-order chi connectivity index (χ1) is 13.3. The number of amidine groups is 1. The van der Waals surface area contributed by atoms with Crippen LogP contribution < -0.4 is 5.32 Å². The van der Waals surface area contributed by atoms with Crippen molar-refractivity contribution in [1.82, 2.24) is 15.1 Å². The van der Waals surface area contributed by atoms with E-state index in [9.17, 15) is 29.7 Å². The van der Waals surface area contributed by atoms with Gasteiger partial charge < -0.3 is 29.7 Å². The van der Waals surface area contributed by atoms with Gasteiger partial charge >= 0.3 is 12.0 Å². The van der Waals surface area contributed by atoms with E-state index in [4.69, 9.17) is 10.1 Å². The number of nitrogens with zero attached hydrogens (tertiary/aromatic N) is 3. The summed E-state index contributed by atoms with van der Waals surface area (Å²) in [7, 11) is 1.23. The van der Waals surface area contributed by atoms with Crippen LogP contribution >= 0.6 is 0 Å². The van der Waals surface area contributed by atoms with Gasteiger partial charge in [-0.25, -0.2) is 9.69 Å². The Bertz CT molecular complexity index is 727. The molecule has 3 amide bonds. The van der Waals surface area contributed by atoms with Crippen molar-refractivity contribution in [2.45, 2.75) is 43.4 Å². The number of rotatable bonds is 6. The van der Waals surface area contributed by atoms with E-state index in [1.54, 1.807) is 0 Å². The molecule has 0 saturated carbocycles. The fraction of sp³-hybridized carbons (Fsp3) is 0.667. The summed E-state index contributed by atoms with van der Waals surface area (Å²) < 4.78 is 9.94. The Labute approximate surface area is 159 Å². The lowest BCUT2D eigenvalue weighted by Crippen LogP contribution is -2.54. The highest BCUT2D eigenvalue weighted by atomic mass is 16.6. The number of aliphatic hydroxyl groups excluding tert-OH is 3. The summed E-state index contributed by atoms with van der Waals surface area (Å²) >= 11 is 0. The van der Waals surface area contributed by atoms with E-state index in [0.29, 0.717) is 0 Å². The molecule has 3 aliphatic heterocycles. The van der Waals surface area contributed by atoms with Crippen LogP contribution in [-0.2, 0) is 19.1 Å². The summed E-state index contributed by atoms with van der Waals surface area (Å²) in [5.41, 5.74) is 0. The molecule has 3 heterocycles. The van der Waals surface area contributed by atoms with Gasteiger partial charge in [0.25, 0.3) is 5.91 Å². The molecule has 0 aromatic carbocycles. The van der Waals surface area contributed by atoms with Crippen molar-refractivity contribution in [3.63, 3.8) is 0 Å². The van der Waals surface area contributed by atoms with Gasteiger partial charge in [0.1, 0.15) is 18.3 Å². The smallest absolute Gasteiger partial charge is 0.328 e. The first kappa shape index (κ1) is 20.1. The minimum Gasteiger partial charge on any atom is -0.469 e. The van der Waals surface area contributed by atoms with Gasteiger partial charge in [-0.1, -0.05) is 0 Å². The number of carbonyl (C=O) groups is 3. The first-order valence-corrected chi connectivity index (χ1v) is 8.57. The maximum Gasteiger partial charge on any atom is 0.328 e. The molecule has 0 radical (unpaired) electrons. The van der Waals surface area contributed by atoms with Gasteiger partial charge in [-0.3, -0.25) is 20.3 Å². The lowest BCUT2D eigenvalue weighted by atomic mass is 10.1. The van der Waals surface area contributed by atoms with Crippen LogP contribution in [0.2, 0.25) is 0 Å². The number of carbonyl (C=O) groups excluding carboxylic acids is 3. The van der Waals surface area contributed by atoms with E-state index < -0.39 is 61.1 Å². The standard InChI is InChI=1S/C15H21N5O8/c1-27-7(22)3-2-4-19-8-11(17-14(16)18-12(8)25)20(15(19)26)13-10(24)9(23)6(5-21)28-13/h6,8-10,13,21,23-24H,2-5H2,1H3,(H2,16,18,25)/t6-,8?,9+,10-,13-/m1/s1. The van der Waals surface area contributed by atoms with Gasteiger partial charge in [0.05, 0.1) is 13.7 Å². The Hall–Kier alpha value is -2.61. The third-order valence-electron chi connectivity index (χ3n) is 4.75. The van der Waals surface area contributed by atoms with E-state index in [-0.39, 0.29) is 25.2 Å². The highest BCUT2D eigenvalue weighted by molar-refractivity contribution is 6.25. The summed E-state index contributed by atoms with van der Waals surface area (Å²) in [6.07, 6.45) is -5.31. The molecule has 5 atom stereocenters. The van der Waals surface area contributed by atoms with Gasteiger partial charge in [0, 0.05) is 13.0 Å². The number of fused-ring (bicyclic) bond motifs is 1. The number of aliphatic imine (C=N–C) groups is 1. The molecule has 0 aromatic heterocycles. The van der Waals surface area contributed by atoms with E-state index in [0.717, 1.165) is 9.80 Å². The topological polar surface area (TPSA) is 185 Å². The third kappa shape index (κ3) is 3.32. The van der Waals surface area contributed by atoms with Crippen LogP contribution in [0.5, 0.6) is 0 Å². The first-order valence-electron chi connectivity index (χ1n) is 8.57. The molecule has 154 valence electrons. The Balaban J connectivity index is 1.88.